The number of carboxylic acids is 1. The molecular formula is C49H60N14O10S. The summed E-state index contributed by atoms with van der Waals surface area (Å²) < 4.78 is 0. The molecule has 10 N–H and O–H groups in total. The summed E-state index contributed by atoms with van der Waals surface area (Å²) in [6.07, 6.45) is 5.82. The number of aromatic nitrogens is 8. The number of rotatable bonds is 28. The maximum atomic E-state index is 13.6. The highest BCUT2D eigenvalue weighted by Gasteiger charge is 2.37. The van der Waals surface area contributed by atoms with Crippen molar-refractivity contribution < 1.29 is 48.6 Å². The minimum atomic E-state index is -1.34. The average molecular weight is 1040 g/mol. The number of carboxylic acid groups (broad SMARTS) is 1. The zero-order valence-corrected chi connectivity index (χ0v) is 42.2. The van der Waals surface area contributed by atoms with Gasteiger partial charge in [-0.25, -0.2) is 14.8 Å². The molecule has 0 radical (unpaired) electrons. The number of H-pyrrole nitrogens is 1. The van der Waals surface area contributed by atoms with Crippen LogP contribution in [0, 0.1) is 11.8 Å². The molecule has 0 spiro atoms. The summed E-state index contributed by atoms with van der Waals surface area (Å²) in [6.45, 7) is 5.70. The number of ketones is 3. The van der Waals surface area contributed by atoms with E-state index < -0.39 is 41.5 Å². The first-order chi connectivity index (χ1) is 35.3. The molecule has 1 aliphatic rings. The number of tetrazole rings is 1. The molecule has 0 saturated carbocycles. The molecule has 1 fully saturated rings. The van der Waals surface area contributed by atoms with Gasteiger partial charge in [0.2, 0.25) is 29.5 Å². The molecule has 5 aromatic rings. The van der Waals surface area contributed by atoms with Gasteiger partial charge in [0.25, 0.3) is 5.91 Å². The Balaban J connectivity index is 0.959. The van der Waals surface area contributed by atoms with Gasteiger partial charge in [-0.3, -0.25) is 38.5 Å². The van der Waals surface area contributed by atoms with Gasteiger partial charge >= 0.3 is 5.97 Å². The average Bonchev–Trinajstić information content (AvgIpc) is 4.00. The first-order valence-electron chi connectivity index (χ1n) is 24.1. The third kappa shape index (κ3) is 14.6. The SMILES string of the molecule is CSC1CC(=O)N(CCCCCC(=O)C[C@H](C(=O)N[C@@H](C)C(=O)Cc2ccc(C(=O)CCCC[C@H](NC(=O)c3ccc(NCc4cnc5nc(N)nc(N)c5n4)cc3O)C(=O)O)c(-c3nn[nH]n3)c2)C(C)C)C1=O. The Morgan fingerprint density at radius 3 is 2.36 bits per heavy atom. The number of nitrogens with one attached hydrogen (secondary N) is 4. The highest BCUT2D eigenvalue weighted by atomic mass is 32.2. The molecule has 74 heavy (non-hydrogen) atoms. The molecule has 392 valence electrons. The van der Waals surface area contributed by atoms with Crippen LogP contribution < -0.4 is 27.4 Å². The number of nitrogen functional groups attached to an aromatic ring is 2. The lowest BCUT2D eigenvalue weighted by atomic mass is 9.88. The van der Waals surface area contributed by atoms with Crippen LogP contribution in [0.25, 0.3) is 22.6 Å². The van der Waals surface area contributed by atoms with Gasteiger partial charge in [0.1, 0.15) is 17.6 Å². The molecule has 4 amide bonds. The second-order valence-corrected chi connectivity index (χ2v) is 19.4. The van der Waals surface area contributed by atoms with Gasteiger partial charge < -0.3 is 37.6 Å². The number of nitrogens with two attached hydrogens (primary N) is 2. The van der Waals surface area contributed by atoms with E-state index in [0.29, 0.717) is 48.3 Å². The highest BCUT2D eigenvalue weighted by molar-refractivity contribution is 8.00. The summed E-state index contributed by atoms with van der Waals surface area (Å²) >= 11 is 1.36. The predicted octanol–water partition coefficient (Wildman–Crippen LogP) is 3.61. The molecule has 0 bridgehead atoms. The minimum absolute atomic E-state index is 0.00134. The van der Waals surface area contributed by atoms with Gasteiger partial charge in [0.05, 0.1) is 35.3 Å². The van der Waals surface area contributed by atoms with E-state index in [4.69, 9.17) is 11.5 Å². The molecule has 4 heterocycles. The molecule has 2 aromatic carbocycles. The molecular weight excluding hydrogens is 977 g/mol. The lowest BCUT2D eigenvalue weighted by Gasteiger charge is -2.22. The Morgan fingerprint density at radius 1 is 0.919 bits per heavy atom. The number of hydrogen-bond donors (Lipinski definition) is 8. The second kappa shape index (κ2) is 25.6. The van der Waals surface area contributed by atoms with Gasteiger partial charge in [0, 0.05) is 67.4 Å². The molecule has 24 nitrogen and oxygen atoms in total. The summed E-state index contributed by atoms with van der Waals surface area (Å²) in [6, 6.07) is 6.65. The second-order valence-electron chi connectivity index (χ2n) is 18.3. The fourth-order valence-corrected chi connectivity index (χ4v) is 8.97. The van der Waals surface area contributed by atoms with Gasteiger partial charge in [-0.05, 0) is 73.8 Å². The fourth-order valence-electron chi connectivity index (χ4n) is 8.34. The summed E-state index contributed by atoms with van der Waals surface area (Å²) in [7, 11) is 0. The summed E-state index contributed by atoms with van der Waals surface area (Å²) in [5, 5.41) is 42.6. The number of amides is 4. The standard InChI is InChI=1S/C49H60N14O10S/c1-25(2)33(21-30(64)10-6-5-9-17-63-40(68)22-39(74-4)47(63)71)46(70)54-26(3)37(66)19-27-13-15-31(34(18-27)43-59-61-62-60-43)36(65)12-8-7-11-35(48(72)73)56-45(69)32-16-14-28(20-38(32)67)52-23-29-24-53-44-41(55-29)42(50)57-49(51)58-44/h13-16,18,20,24-26,33,35,39,52,67H,5-12,17,19,21-23H2,1-4H3,(H,54,70)(H,56,69)(H,72,73)(H,59,60,61,62)(H4,50,51,53,57,58)/t26-,33-,35-,39?/m0/s1. The number of thioether (sulfide) groups is 1. The van der Waals surface area contributed by atoms with Crippen molar-refractivity contribution in [3.63, 3.8) is 0 Å². The monoisotopic (exact) mass is 1040 g/mol. The number of carbonyl (C=O) groups is 8. The number of aromatic amines is 1. The Labute approximate surface area is 429 Å². The lowest BCUT2D eigenvalue weighted by Crippen LogP contribution is -2.44. The molecule has 25 heteroatoms. The quantitative estimate of drug-likeness (QED) is 0.0201. The van der Waals surface area contributed by atoms with Crippen LogP contribution in [-0.4, -0.2) is 133 Å². The lowest BCUT2D eigenvalue weighted by molar-refractivity contribution is -0.140. The molecule has 1 saturated heterocycles. The van der Waals surface area contributed by atoms with E-state index in [9.17, 15) is 48.6 Å². The number of phenols is 1. The van der Waals surface area contributed by atoms with Crippen molar-refractivity contribution >= 4 is 87.3 Å². The van der Waals surface area contributed by atoms with Crippen molar-refractivity contribution in [2.75, 3.05) is 29.6 Å². The van der Waals surface area contributed by atoms with E-state index in [1.54, 1.807) is 31.4 Å². The maximum absolute atomic E-state index is 13.6. The molecule has 3 aromatic heterocycles. The summed E-state index contributed by atoms with van der Waals surface area (Å²) in [5.74, 6) is -4.77. The number of Topliss-reactive ketones (excluding diaryl/α,β-unsaturated/α-hetero) is 3. The van der Waals surface area contributed by atoms with E-state index in [0.717, 1.165) is 0 Å². The van der Waals surface area contributed by atoms with Gasteiger partial charge in [0.15, 0.2) is 28.5 Å². The van der Waals surface area contributed by atoms with Crippen molar-refractivity contribution in [2.24, 2.45) is 11.8 Å². The van der Waals surface area contributed by atoms with E-state index in [1.807, 2.05) is 13.8 Å². The van der Waals surface area contributed by atoms with Crippen LogP contribution in [0.15, 0.2) is 42.6 Å². The summed E-state index contributed by atoms with van der Waals surface area (Å²) in [4.78, 5) is 121. The first kappa shape index (κ1) is 55.4. The minimum Gasteiger partial charge on any atom is -0.507 e. The molecule has 6 rings (SSSR count). The van der Waals surface area contributed by atoms with Crippen LogP contribution in [0.5, 0.6) is 5.75 Å². The van der Waals surface area contributed by atoms with Crippen LogP contribution in [0.2, 0.25) is 0 Å². The van der Waals surface area contributed by atoms with Crippen LogP contribution >= 0.6 is 11.8 Å². The number of aliphatic carboxylic acids is 1. The molecule has 1 aliphatic heterocycles. The third-order valence-corrected chi connectivity index (χ3v) is 13.5. The molecule has 4 atom stereocenters. The third-order valence-electron chi connectivity index (χ3n) is 12.6. The number of aromatic hydroxyl groups is 1. The van der Waals surface area contributed by atoms with E-state index in [-0.39, 0.29) is 138 Å². The number of hydrogen-bond acceptors (Lipinski definition) is 20. The van der Waals surface area contributed by atoms with E-state index in [1.165, 1.54) is 41.1 Å². The topological polar surface area (TPSA) is 374 Å². The summed E-state index contributed by atoms with van der Waals surface area (Å²) in [5.41, 5.74) is 13.8. The number of benzene rings is 2. The van der Waals surface area contributed by atoms with E-state index >= 15 is 0 Å². The fraction of sp³-hybridized carbons (Fsp3) is 0.449. The number of nitrogens with zero attached hydrogens (tertiary/aromatic N) is 8. The van der Waals surface area contributed by atoms with Crippen molar-refractivity contribution in [1.82, 2.24) is 56.1 Å². The smallest absolute Gasteiger partial charge is 0.326 e. The number of anilines is 3. The van der Waals surface area contributed by atoms with Crippen LogP contribution in [0.1, 0.15) is 117 Å². The number of unbranched alkanes of at least 4 members (excludes halogenated alkanes) is 3. The predicted molar refractivity (Wildman–Crippen MR) is 272 cm³/mol. The van der Waals surface area contributed by atoms with Gasteiger partial charge in [-0.2, -0.15) is 26.9 Å². The number of fused-ring (bicyclic) bond motifs is 1. The molecule has 0 aliphatic carbocycles. The Morgan fingerprint density at radius 2 is 1.68 bits per heavy atom. The van der Waals surface area contributed by atoms with E-state index in [2.05, 4.69) is 56.5 Å². The maximum Gasteiger partial charge on any atom is 0.326 e. The Kier molecular flexibility index (Phi) is 19.2. The number of likely N-dealkylation sites (tertiary alicyclic amines) is 1. The zero-order chi connectivity index (χ0) is 53.6. The Hall–Kier alpha value is -7.96. The zero-order valence-electron chi connectivity index (χ0n) is 41.4. The highest BCUT2D eigenvalue weighted by Crippen LogP contribution is 2.27. The van der Waals surface area contributed by atoms with Crippen molar-refractivity contribution in [1.29, 1.82) is 0 Å². The van der Waals surface area contributed by atoms with Crippen molar-refractivity contribution in [3.05, 3.63) is 65.0 Å². The van der Waals surface area contributed by atoms with Crippen LogP contribution in [0.4, 0.5) is 17.5 Å². The normalized spacial score (nSPS) is 14.7. The molecule has 1 unspecified atom stereocenters. The van der Waals surface area contributed by atoms with Crippen molar-refractivity contribution in [2.45, 2.75) is 115 Å². The number of carbonyl (C=O) groups excluding carboxylic acids is 7. The largest absolute Gasteiger partial charge is 0.507 e. The Bertz CT molecular complexity index is 2900. The first-order valence-corrected chi connectivity index (χ1v) is 25.4. The number of imide groups is 1. The van der Waals surface area contributed by atoms with Gasteiger partial charge in [-0.15, -0.1) is 10.2 Å². The number of phenolic OH excluding ortho intramolecular Hbond substituents is 1. The van der Waals surface area contributed by atoms with Crippen molar-refractivity contribution in [3.8, 4) is 17.1 Å². The van der Waals surface area contributed by atoms with Crippen LogP contribution in [0.3, 0.4) is 0 Å². The van der Waals surface area contributed by atoms with Crippen LogP contribution in [-0.2, 0) is 41.7 Å². The van der Waals surface area contributed by atoms with Gasteiger partial charge in [-0.1, -0.05) is 38.8 Å².